The van der Waals surface area contributed by atoms with Gasteiger partial charge in [0.05, 0.1) is 0 Å². The fourth-order valence-corrected chi connectivity index (χ4v) is 1.90. The number of alkyl halides is 1. The first kappa shape index (κ1) is 11.2. The normalized spacial score (nSPS) is 12.4. The van der Waals surface area contributed by atoms with E-state index in [-0.39, 0.29) is 0 Å². The Kier molecular flexibility index (Phi) is 3.63. The minimum atomic E-state index is 0.423. The average Bonchev–Trinajstić information content (AvgIpc) is 2.39. The first-order valence-electron chi connectivity index (χ1n) is 5.52. The quantitative estimate of drug-likeness (QED) is 0.671. The van der Waals surface area contributed by atoms with Crippen molar-refractivity contribution in [1.29, 1.82) is 0 Å². The van der Waals surface area contributed by atoms with Crippen molar-refractivity contribution in [3.63, 3.8) is 0 Å². The van der Waals surface area contributed by atoms with E-state index in [1.807, 2.05) is 6.07 Å². The van der Waals surface area contributed by atoms with E-state index in [1.54, 1.807) is 0 Å². The van der Waals surface area contributed by atoms with Crippen molar-refractivity contribution in [1.82, 2.24) is 0 Å². The zero-order valence-corrected chi connectivity index (χ0v) is 10.1. The highest BCUT2D eigenvalue weighted by molar-refractivity contribution is 6.18. The van der Waals surface area contributed by atoms with Crippen LogP contribution in [0.5, 0.6) is 0 Å². The van der Waals surface area contributed by atoms with Gasteiger partial charge >= 0.3 is 0 Å². The van der Waals surface area contributed by atoms with Gasteiger partial charge in [0.15, 0.2) is 0 Å². The molecule has 1 heteroatoms. The summed E-state index contributed by atoms with van der Waals surface area (Å²) in [6.07, 6.45) is 0. The van der Waals surface area contributed by atoms with Crippen LogP contribution < -0.4 is 0 Å². The zero-order chi connectivity index (χ0) is 11.4. The molecule has 0 spiro atoms. The van der Waals surface area contributed by atoms with Crippen molar-refractivity contribution < 1.29 is 0 Å². The highest BCUT2D eigenvalue weighted by atomic mass is 35.5. The van der Waals surface area contributed by atoms with Gasteiger partial charge in [-0.25, -0.2) is 0 Å². The molecule has 0 fully saturated rings. The Morgan fingerprint density at radius 2 is 1.44 bits per heavy atom. The predicted molar refractivity (Wildman–Crippen MR) is 71.0 cm³/mol. The molecule has 0 radical (unpaired) electrons. The first-order chi connectivity index (χ1) is 7.81. The van der Waals surface area contributed by atoms with Crippen LogP contribution in [0.1, 0.15) is 18.4 Å². The monoisotopic (exact) mass is 230 g/mol. The molecule has 0 aliphatic heterocycles. The van der Waals surface area contributed by atoms with E-state index in [4.69, 9.17) is 11.6 Å². The van der Waals surface area contributed by atoms with Crippen molar-refractivity contribution in [2.45, 2.75) is 12.8 Å². The number of hydrogen-bond donors (Lipinski definition) is 0. The Morgan fingerprint density at radius 1 is 0.875 bits per heavy atom. The van der Waals surface area contributed by atoms with Crippen LogP contribution in [-0.2, 0) is 0 Å². The summed E-state index contributed by atoms with van der Waals surface area (Å²) in [6.45, 7) is 2.14. The lowest BCUT2D eigenvalue weighted by molar-refractivity contribution is 0.875. The molecule has 0 aliphatic rings. The second-order valence-electron chi connectivity index (χ2n) is 4.04. The molecule has 0 saturated carbocycles. The van der Waals surface area contributed by atoms with E-state index < -0.39 is 0 Å². The number of halogens is 1. The Bertz CT molecular complexity index is 431. The van der Waals surface area contributed by atoms with Gasteiger partial charge in [0.1, 0.15) is 0 Å². The summed E-state index contributed by atoms with van der Waals surface area (Å²) in [5.41, 5.74) is 3.81. The lowest BCUT2D eigenvalue weighted by Crippen LogP contribution is -1.93. The van der Waals surface area contributed by atoms with Crippen molar-refractivity contribution in [2.75, 3.05) is 5.88 Å². The third-order valence-electron chi connectivity index (χ3n) is 2.82. The van der Waals surface area contributed by atoms with Gasteiger partial charge in [0.2, 0.25) is 0 Å². The highest BCUT2D eigenvalue weighted by Gasteiger charge is 2.03. The van der Waals surface area contributed by atoms with Crippen molar-refractivity contribution >= 4 is 11.6 Å². The van der Waals surface area contributed by atoms with E-state index >= 15 is 0 Å². The summed E-state index contributed by atoms with van der Waals surface area (Å²) in [5, 5.41) is 0. The van der Waals surface area contributed by atoms with Crippen LogP contribution in [0.2, 0.25) is 0 Å². The molecule has 0 N–H and O–H groups in total. The van der Waals surface area contributed by atoms with Gasteiger partial charge in [-0.2, -0.15) is 0 Å². The van der Waals surface area contributed by atoms with Crippen LogP contribution in [0.4, 0.5) is 0 Å². The molecule has 0 aliphatic carbocycles. The van der Waals surface area contributed by atoms with Gasteiger partial charge in [0.25, 0.3) is 0 Å². The summed E-state index contributed by atoms with van der Waals surface area (Å²) < 4.78 is 0. The van der Waals surface area contributed by atoms with Crippen LogP contribution in [0.15, 0.2) is 54.6 Å². The van der Waals surface area contributed by atoms with Gasteiger partial charge in [0, 0.05) is 5.88 Å². The second-order valence-corrected chi connectivity index (χ2v) is 4.35. The molecule has 16 heavy (non-hydrogen) atoms. The third-order valence-corrected chi connectivity index (χ3v) is 3.28. The molecule has 0 saturated heterocycles. The van der Waals surface area contributed by atoms with E-state index in [0.717, 1.165) is 0 Å². The molecule has 2 rings (SSSR count). The Morgan fingerprint density at radius 3 is 2.00 bits per heavy atom. The van der Waals surface area contributed by atoms with Crippen molar-refractivity contribution in [3.8, 4) is 11.1 Å². The molecule has 0 nitrogen and oxygen atoms in total. The van der Waals surface area contributed by atoms with Crippen LogP contribution in [0.25, 0.3) is 11.1 Å². The maximum atomic E-state index is 5.84. The van der Waals surface area contributed by atoms with Crippen molar-refractivity contribution in [3.05, 3.63) is 60.2 Å². The number of rotatable bonds is 3. The van der Waals surface area contributed by atoms with Gasteiger partial charge < -0.3 is 0 Å². The first-order valence-corrected chi connectivity index (χ1v) is 6.06. The van der Waals surface area contributed by atoms with E-state index in [2.05, 4.69) is 55.5 Å². The average molecular weight is 231 g/mol. The fourth-order valence-electron chi connectivity index (χ4n) is 1.72. The largest absolute Gasteiger partial charge is 0.126 e. The summed E-state index contributed by atoms with van der Waals surface area (Å²) in [6, 6.07) is 19.1. The SMILES string of the molecule is CC(CCl)c1ccc(-c2ccccc2)cc1. The predicted octanol–water partition coefficient (Wildman–Crippen LogP) is 4.70. The molecule has 1 atom stereocenters. The smallest absolute Gasteiger partial charge is 0.0289 e. The Balaban J connectivity index is 2.26. The Labute approximate surface area is 102 Å². The van der Waals surface area contributed by atoms with Crippen LogP contribution >= 0.6 is 11.6 Å². The Hall–Kier alpha value is -1.27. The molecule has 0 amide bonds. The van der Waals surface area contributed by atoms with E-state index in [9.17, 15) is 0 Å². The summed E-state index contributed by atoms with van der Waals surface area (Å²) in [4.78, 5) is 0. The second kappa shape index (κ2) is 5.18. The standard InChI is InChI=1S/C15H15Cl/c1-12(11-16)13-7-9-15(10-8-13)14-5-3-2-4-6-14/h2-10,12H,11H2,1H3. The van der Waals surface area contributed by atoms with E-state index in [0.29, 0.717) is 11.8 Å². The molecule has 0 heterocycles. The molecule has 2 aromatic rings. The van der Waals surface area contributed by atoms with Crippen LogP contribution in [0.3, 0.4) is 0 Å². The topological polar surface area (TPSA) is 0 Å². The zero-order valence-electron chi connectivity index (χ0n) is 9.36. The van der Waals surface area contributed by atoms with Crippen LogP contribution in [0, 0.1) is 0 Å². The van der Waals surface area contributed by atoms with Gasteiger partial charge in [-0.3, -0.25) is 0 Å². The molecule has 82 valence electrons. The molecule has 0 bridgehead atoms. The minimum Gasteiger partial charge on any atom is -0.126 e. The fraction of sp³-hybridized carbons (Fsp3) is 0.200. The number of hydrogen-bond acceptors (Lipinski definition) is 0. The van der Waals surface area contributed by atoms with E-state index in [1.165, 1.54) is 16.7 Å². The summed E-state index contributed by atoms with van der Waals surface area (Å²) in [5.74, 6) is 1.09. The van der Waals surface area contributed by atoms with Gasteiger partial charge in [-0.15, -0.1) is 11.6 Å². The van der Waals surface area contributed by atoms with Gasteiger partial charge in [-0.1, -0.05) is 61.5 Å². The maximum Gasteiger partial charge on any atom is 0.0289 e. The molecule has 0 aromatic heterocycles. The lowest BCUT2D eigenvalue weighted by Gasteiger charge is -2.08. The minimum absolute atomic E-state index is 0.423. The molecular formula is C15H15Cl. The molecular weight excluding hydrogens is 216 g/mol. The van der Waals surface area contributed by atoms with Crippen molar-refractivity contribution in [2.24, 2.45) is 0 Å². The number of benzene rings is 2. The molecule has 1 unspecified atom stereocenters. The van der Waals surface area contributed by atoms with Crippen LogP contribution in [-0.4, -0.2) is 5.88 Å². The summed E-state index contributed by atoms with van der Waals surface area (Å²) in [7, 11) is 0. The maximum absolute atomic E-state index is 5.84. The molecule has 2 aromatic carbocycles. The highest BCUT2D eigenvalue weighted by Crippen LogP contribution is 2.22. The summed E-state index contributed by atoms with van der Waals surface area (Å²) >= 11 is 5.84. The third kappa shape index (κ3) is 2.45. The van der Waals surface area contributed by atoms with Gasteiger partial charge in [-0.05, 0) is 22.6 Å². The lowest BCUT2D eigenvalue weighted by atomic mass is 9.99.